The van der Waals surface area contributed by atoms with Gasteiger partial charge in [0.15, 0.2) is 11.5 Å². The van der Waals surface area contributed by atoms with Gasteiger partial charge in [0.2, 0.25) is 11.8 Å². The Kier molecular flexibility index (Phi) is 5.03. The van der Waals surface area contributed by atoms with Crippen LogP contribution in [0.5, 0.6) is 0 Å². The summed E-state index contributed by atoms with van der Waals surface area (Å²) >= 11 is 0. The van der Waals surface area contributed by atoms with E-state index < -0.39 is 5.97 Å². The fourth-order valence-corrected chi connectivity index (χ4v) is 1.69. The van der Waals surface area contributed by atoms with Crippen molar-refractivity contribution in [2.45, 2.75) is 40.2 Å². The Labute approximate surface area is 128 Å². The molecule has 0 aliphatic carbocycles. The number of hydrogen-bond acceptors (Lipinski definition) is 8. The second-order valence-corrected chi connectivity index (χ2v) is 5.00. The van der Waals surface area contributed by atoms with Gasteiger partial charge in [-0.1, -0.05) is 19.0 Å². The topological polar surface area (TPSA) is 103 Å². The van der Waals surface area contributed by atoms with E-state index in [0.29, 0.717) is 36.5 Å². The molecule has 1 N–H and O–H groups in total. The van der Waals surface area contributed by atoms with Crippen LogP contribution in [-0.4, -0.2) is 32.7 Å². The van der Waals surface area contributed by atoms with Crippen molar-refractivity contribution in [2.24, 2.45) is 0 Å². The van der Waals surface area contributed by atoms with Gasteiger partial charge in [-0.3, -0.25) is 0 Å². The highest BCUT2D eigenvalue weighted by molar-refractivity contribution is 5.87. The molecule has 2 rings (SSSR count). The first-order chi connectivity index (χ1) is 10.5. The first-order valence-electron chi connectivity index (χ1n) is 7.08. The molecule has 2 aromatic heterocycles. The highest BCUT2D eigenvalue weighted by Crippen LogP contribution is 2.12. The third-order valence-corrected chi connectivity index (χ3v) is 2.72. The number of ether oxygens (including phenoxy) is 1. The van der Waals surface area contributed by atoms with Gasteiger partial charge in [0, 0.05) is 11.6 Å². The summed E-state index contributed by atoms with van der Waals surface area (Å²) in [7, 11) is 0. The van der Waals surface area contributed by atoms with E-state index in [9.17, 15) is 4.79 Å². The number of esters is 1. The van der Waals surface area contributed by atoms with E-state index in [1.54, 1.807) is 19.9 Å². The van der Waals surface area contributed by atoms with Gasteiger partial charge >= 0.3 is 5.97 Å². The summed E-state index contributed by atoms with van der Waals surface area (Å²) in [5, 5.41) is 6.84. The van der Waals surface area contributed by atoms with Crippen molar-refractivity contribution < 1.29 is 14.1 Å². The molecule has 0 saturated heterocycles. The molecule has 0 aliphatic rings. The molecule has 8 nitrogen and oxygen atoms in total. The average Bonchev–Trinajstić information content (AvgIpc) is 2.94. The molecule has 0 bridgehead atoms. The zero-order valence-electron chi connectivity index (χ0n) is 13.1. The summed E-state index contributed by atoms with van der Waals surface area (Å²) in [4.78, 5) is 24.3. The number of nitrogens with zero attached hydrogens (tertiary/aromatic N) is 4. The maximum atomic E-state index is 11.7. The summed E-state index contributed by atoms with van der Waals surface area (Å²) in [5.41, 5.74) is 0.879. The van der Waals surface area contributed by atoms with Crippen LogP contribution in [0.25, 0.3) is 0 Å². The molecule has 22 heavy (non-hydrogen) atoms. The Balaban J connectivity index is 2.07. The molecule has 2 aromatic rings. The third-order valence-electron chi connectivity index (χ3n) is 2.72. The molecule has 0 radical (unpaired) electrons. The van der Waals surface area contributed by atoms with Gasteiger partial charge in [-0.15, -0.1) is 0 Å². The quantitative estimate of drug-likeness (QED) is 0.809. The molecule has 0 amide bonds. The van der Waals surface area contributed by atoms with Crippen LogP contribution in [-0.2, 0) is 11.3 Å². The Hall–Kier alpha value is -2.51. The lowest BCUT2D eigenvalue weighted by Gasteiger charge is -2.06. The SMILES string of the molecule is CCOC(=O)c1cc(C)nc(NCc2noc(C(C)C)n2)n1. The monoisotopic (exact) mass is 305 g/mol. The molecular weight excluding hydrogens is 286 g/mol. The molecule has 0 aromatic carbocycles. The number of anilines is 1. The molecule has 8 heteroatoms. The number of carbonyl (C=O) groups excluding carboxylic acids is 1. The van der Waals surface area contributed by atoms with Crippen LogP contribution >= 0.6 is 0 Å². The van der Waals surface area contributed by atoms with Gasteiger partial charge in [-0.2, -0.15) is 4.98 Å². The lowest BCUT2D eigenvalue weighted by atomic mass is 10.2. The van der Waals surface area contributed by atoms with Gasteiger partial charge in [0.05, 0.1) is 13.2 Å². The van der Waals surface area contributed by atoms with Gasteiger partial charge in [0.25, 0.3) is 0 Å². The zero-order chi connectivity index (χ0) is 16.1. The van der Waals surface area contributed by atoms with Crippen LogP contribution in [0.2, 0.25) is 0 Å². The zero-order valence-corrected chi connectivity index (χ0v) is 13.1. The normalized spacial score (nSPS) is 10.8. The Morgan fingerprint density at radius 1 is 1.36 bits per heavy atom. The van der Waals surface area contributed by atoms with Crippen LogP contribution < -0.4 is 5.32 Å². The maximum absolute atomic E-state index is 11.7. The van der Waals surface area contributed by atoms with Crippen LogP contribution in [0, 0.1) is 6.92 Å². The Morgan fingerprint density at radius 2 is 2.14 bits per heavy atom. The maximum Gasteiger partial charge on any atom is 0.357 e. The van der Waals surface area contributed by atoms with Gasteiger partial charge in [-0.05, 0) is 19.9 Å². The number of nitrogens with one attached hydrogen (secondary N) is 1. The number of rotatable bonds is 6. The predicted molar refractivity (Wildman–Crippen MR) is 78.4 cm³/mol. The summed E-state index contributed by atoms with van der Waals surface area (Å²) in [6.45, 7) is 8.07. The smallest absolute Gasteiger partial charge is 0.357 e. The van der Waals surface area contributed by atoms with Gasteiger partial charge < -0.3 is 14.6 Å². The molecule has 0 aliphatic heterocycles. The predicted octanol–water partition coefficient (Wildman–Crippen LogP) is 2.08. The molecule has 2 heterocycles. The van der Waals surface area contributed by atoms with Crippen LogP contribution in [0.4, 0.5) is 5.95 Å². The van der Waals surface area contributed by atoms with Crippen LogP contribution in [0.1, 0.15) is 54.6 Å². The first kappa shape index (κ1) is 15.9. The lowest BCUT2D eigenvalue weighted by molar-refractivity contribution is 0.0519. The highest BCUT2D eigenvalue weighted by atomic mass is 16.5. The molecule has 118 valence electrons. The fourth-order valence-electron chi connectivity index (χ4n) is 1.69. The van der Waals surface area contributed by atoms with E-state index in [0.717, 1.165) is 0 Å². The van der Waals surface area contributed by atoms with E-state index >= 15 is 0 Å². The van der Waals surface area contributed by atoms with Crippen molar-refractivity contribution in [1.29, 1.82) is 0 Å². The van der Waals surface area contributed by atoms with Crippen molar-refractivity contribution >= 4 is 11.9 Å². The van der Waals surface area contributed by atoms with Crippen molar-refractivity contribution in [1.82, 2.24) is 20.1 Å². The second kappa shape index (κ2) is 6.97. The molecule has 0 atom stereocenters. The second-order valence-electron chi connectivity index (χ2n) is 5.00. The molecule has 0 spiro atoms. The molecular formula is C14H19N5O3. The number of carbonyl (C=O) groups is 1. The molecule has 0 unspecified atom stereocenters. The van der Waals surface area contributed by atoms with Crippen LogP contribution in [0.15, 0.2) is 10.6 Å². The van der Waals surface area contributed by atoms with Crippen molar-refractivity contribution in [3.05, 3.63) is 29.2 Å². The van der Waals surface area contributed by atoms with Crippen LogP contribution in [0.3, 0.4) is 0 Å². The summed E-state index contributed by atoms with van der Waals surface area (Å²) in [6.07, 6.45) is 0. The van der Waals surface area contributed by atoms with E-state index in [-0.39, 0.29) is 11.6 Å². The van der Waals surface area contributed by atoms with Crippen molar-refractivity contribution in [3.63, 3.8) is 0 Å². The first-order valence-corrected chi connectivity index (χ1v) is 7.08. The Morgan fingerprint density at radius 3 is 2.77 bits per heavy atom. The third kappa shape index (κ3) is 4.00. The minimum Gasteiger partial charge on any atom is -0.461 e. The van der Waals surface area contributed by atoms with E-state index in [1.165, 1.54) is 0 Å². The minimum absolute atomic E-state index is 0.173. The summed E-state index contributed by atoms with van der Waals surface area (Å²) in [5.74, 6) is 1.10. The van der Waals surface area contributed by atoms with Crippen molar-refractivity contribution in [2.75, 3.05) is 11.9 Å². The lowest BCUT2D eigenvalue weighted by Crippen LogP contribution is -2.12. The number of aromatic nitrogens is 4. The van der Waals surface area contributed by atoms with Gasteiger partial charge in [-0.25, -0.2) is 14.8 Å². The average molecular weight is 305 g/mol. The molecule has 0 saturated carbocycles. The Bertz CT molecular complexity index is 654. The van der Waals surface area contributed by atoms with E-state index in [2.05, 4.69) is 25.4 Å². The minimum atomic E-state index is -0.474. The summed E-state index contributed by atoms with van der Waals surface area (Å²) in [6, 6.07) is 1.58. The highest BCUT2D eigenvalue weighted by Gasteiger charge is 2.13. The van der Waals surface area contributed by atoms with E-state index in [1.807, 2.05) is 13.8 Å². The number of hydrogen-bond donors (Lipinski definition) is 1. The largest absolute Gasteiger partial charge is 0.461 e. The fraction of sp³-hybridized carbons (Fsp3) is 0.500. The van der Waals surface area contributed by atoms with Gasteiger partial charge in [0.1, 0.15) is 0 Å². The standard InChI is InChI=1S/C14H19N5O3/c1-5-21-13(20)10-6-9(4)16-14(17-10)15-7-11-18-12(8(2)3)22-19-11/h6,8H,5,7H2,1-4H3,(H,15,16,17). The molecule has 0 fully saturated rings. The van der Waals surface area contributed by atoms with Crippen molar-refractivity contribution in [3.8, 4) is 0 Å². The van der Waals surface area contributed by atoms with E-state index in [4.69, 9.17) is 9.26 Å². The number of aryl methyl sites for hydroxylation is 1. The summed E-state index contributed by atoms with van der Waals surface area (Å²) < 4.78 is 10.0.